The summed E-state index contributed by atoms with van der Waals surface area (Å²) in [4.78, 5) is 4.38. The standard InChI is InChI=1S/C38H29N3/c1-40(38-14-8-9-29(27-38)28-39)34-21-15-32(16-22-34)33-19-25-37(26-20-33)41(35-12-6-3-7-13-35)36-23-17-31(18-24-36)30-10-4-2-5-11-30/h2-27H,1H3. The lowest BCUT2D eigenvalue weighted by Crippen LogP contribution is -2.09. The Hall–Kier alpha value is -5.59. The van der Waals surface area contributed by atoms with E-state index in [1.54, 1.807) is 0 Å². The van der Waals surface area contributed by atoms with Crippen molar-refractivity contribution in [2.45, 2.75) is 0 Å². The molecule has 0 amide bonds. The van der Waals surface area contributed by atoms with Crippen molar-refractivity contribution >= 4 is 28.4 Å². The van der Waals surface area contributed by atoms with Crippen molar-refractivity contribution in [3.63, 3.8) is 0 Å². The molecule has 196 valence electrons. The Morgan fingerprint density at radius 3 is 1.34 bits per heavy atom. The van der Waals surface area contributed by atoms with Gasteiger partial charge < -0.3 is 9.80 Å². The highest BCUT2D eigenvalue weighted by Crippen LogP contribution is 2.37. The minimum Gasteiger partial charge on any atom is -0.345 e. The van der Waals surface area contributed by atoms with Crippen LogP contribution in [0.15, 0.2) is 158 Å². The minimum atomic E-state index is 0.655. The van der Waals surface area contributed by atoms with Gasteiger partial charge in [-0.1, -0.05) is 91.0 Å². The van der Waals surface area contributed by atoms with Crippen molar-refractivity contribution in [1.82, 2.24) is 0 Å². The van der Waals surface area contributed by atoms with Crippen LogP contribution in [0.3, 0.4) is 0 Å². The van der Waals surface area contributed by atoms with Crippen LogP contribution in [0.1, 0.15) is 5.56 Å². The van der Waals surface area contributed by atoms with Crippen LogP contribution in [0.25, 0.3) is 22.3 Å². The second kappa shape index (κ2) is 11.7. The molecule has 0 N–H and O–H groups in total. The molecule has 6 aromatic carbocycles. The summed E-state index contributed by atoms with van der Waals surface area (Å²) in [5.41, 5.74) is 10.7. The van der Waals surface area contributed by atoms with E-state index in [0.29, 0.717) is 5.56 Å². The Morgan fingerprint density at radius 2 is 0.829 bits per heavy atom. The molecule has 0 saturated carbocycles. The zero-order valence-corrected chi connectivity index (χ0v) is 22.9. The van der Waals surface area contributed by atoms with Gasteiger partial charge in [-0.05, 0) is 89.0 Å². The van der Waals surface area contributed by atoms with Crippen molar-refractivity contribution < 1.29 is 0 Å². The number of para-hydroxylation sites is 1. The highest BCUT2D eigenvalue weighted by Gasteiger charge is 2.13. The maximum absolute atomic E-state index is 9.24. The van der Waals surface area contributed by atoms with Crippen molar-refractivity contribution in [1.29, 1.82) is 5.26 Å². The second-order valence-corrected chi connectivity index (χ2v) is 9.90. The summed E-state index contributed by atoms with van der Waals surface area (Å²) in [6.07, 6.45) is 0. The van der Waals surface area contributed by atoms with Crippen molar-refractivity contribution in [3.8, 4) is 28.3 Å². The monoisotopic (exact) mass is 527 g/mol. The molecule has 0 heterocycles. The largest absolute Gasteiger partial charge is 0.345 e. The zero-order valence-electron chi connectivity index (χ0n) is 22.9. The fourth-order valence-electron chi connectivity index (χ4n) is 5.07. The summed E-state index contributed by atoms with van der Waals surface area (Å²) in [5, 5.41) is 9.24. The van der Waals surface area contributed by atoms with Crippen molar-refractivity contribution in [2.24, 2.45) is 0 Å². The normalized spacial score (nSPS) is 10.5. The number of hydrogen-bond donors (Lipinski definition) is 0. The molecule has 41 heavy (non-hydrogen) atoms. The molecule has 0 aliphatic heterocycles. The number of rotatable bonds is 7. The Morgan fingerprint density at radius 1 is 0.415 bits per heavy atom. The molecule has 0 saturated heterocycles. The fraction of sp³-hybridized carbons (Fsp3) is 0.0263. The lowest BCUT2D eigenvalue weighted by molar-refractivity contribution is 1.21. The molecule has 3 nitrogen and oxygen atoms in total. The van der Waals surface area contributed by atoms with Crippen LogP contribution in [0.2, 0.25) is 0 Å². The predicted molar refractivity (Wildman–Crippen MR) is 171 cm³/mol. The topological polar surface area (TPSA) is 30.3 Å². The van der Waals surface area contributed by atoms with Gasteiger partial charge in [0.1, 0.15) is 0 Å². The van der Waals surface area contributed by atoms with Crippen LogP contribution in [-0.2, 0) is 0 Å². The second-order valence-electron chi connectivity index (χ2n) is 9.90. The molecule has 0 atom stereocenters. The van der Waals surface area contributed by atoms with Crippen LogP contribution in [-0.4, -0.2) is 7.05 Å². The van der Waals surface area contributed by atoms with Gasteiger partial charge in [-0.15, -0.1) is 0 Å². The maximum Gasteiger partial charge on any atom is 0.0992 e. The highest BCUT2D eigenvalue weighted by atomic mass is 15.1. The Bertz CT molecular complexity index is 1770. The van der Waals surface area contributed by atoms with Crippen LogP contribution in [0, 0.1) is 11.3 Å². The quantitative estimate of drug-likeness (QED) is 0.207. The van der Waals surface area contributed by atoms with E-state index in [-0.39, 0.29) is 0 Å². The molecule has 0 aromatic heterocycles. The number of benzene rings is 6. The van der Waals surface area contributed by atoms with Gasteiger partial charge in [-0.3, -0.25) is 0 Å². The number of anilines is 5. The summed E-state index contributed by atoms with van der Waals surface area (Å²) in [7, 11) is 2.02. The smallest absolute Gasteiger partial charge is 0.0992 e. The maximum atomic E-state index is 9.24. The molecule has 0 aliphatic rings. The van der Waals surface area contributed by atoms with Crippen LogP contribution in [0.5, 0.6) is 0 Å². The third-order valence-electron chi connectivity index (χ3n) is 7.32. The highest BCUT2D eigenvalue weighted by molar-refractivity contribution is 5.80. The summed E-state index contributed by atoms with van der Waals surface area (Å²) in [5.74, 6) is 0. The van der Waals surface area contributed by atoms with Crippen LogP contribution in [0.4, 0.5) is 28.4 Å². The molecule has 0 radical (unpaired) electrons. The summed E-state index contributed by atoms with van der Waals surface area (Å²) >= 11 is 0. The minimum absolute atomic E-state index is 0.655. The molecule has 0 unspecified atom stereocenters. The lowest BCUT2D eigenvalue weighted by Gasteiger charge is -2.26. The lowest BCUT2D eigenvalue weighted by atomic mass is 10.0. The first-order valence-electron chi connectivity index (χ1n) is 13.6. The van der Waals surface area contributed by atoms with E-state index in [1.165, 1.54) is 11.1 Å². The Kier molecular flexibility index (Phi) is 7.30. The van der Waals surface area contributed by atoms with E-state index in [0.717, 1.165) is 39.6 Å². The van der Waals surface area contributed by atoms with E-state index in [2.05, 4.69) is 137 Å². The molecular weight excluding hydrogens is 498 g/mol. The van der Waals surface area contributed by atoms with E-state index in [1.807, 2.05) is 43.4 Å². The molecule has 3 heteroatoms. The van der Waals surface area contributed by atoms with E-state index in [9.17, 15) is 5.26 Å². The molecule has 0 spiro atoms. The van der Waals surface area contributed by atoms with Gasteiger partial charge in [0.2, 0.25) is 0 Å². The van der Waals surface area contributed by atoms with E-state index in [4.69, 9.17) is 0 Å². The van der Waals surface area contributed by atoms with Crippen molar-refractivity contribution in [2.75, 3.05) is 16.8 Å². The first-order valence-corrected chi connectivity index (χ1v) is 13.6. The van der Waals surface area contributed by atoms with Gasteiger partial charge in [-0.2, -0.15) is 5.26 Å². The van der Waals surface area contributed by atoms with Crippen LogP contribution >= 0.6 is 0 Å². The molecule has 6 aromatic rings. The van der Waals surface area contributed by atoms with E-state index < -0.39 is 0 Å². The predicted octanol–water partition coefficient (Wildman–Crippen LogP) is 10.1. The van der Waals surface area contributed by atoms with Gasteiger partial charge in [0.25, 0.3) is 0 Å². The summed E-state index contributed by atoms with van der Waals surface area (Å²) in [6.45, 7) is 0. The van der Waals surface area contributed by atoms with Crippen molar-refractivity contribution in [3.05, 3.63) is 163 Å². The third kappa shape index (κ3) is 5.59. The van der Waals surface area contributed by atoms with Gasteiger partial charge in [-0.25, -0.2) is 0 Å². The number of hydrogen-bond acceptors (Lipinski definition) is 3. The molecular formula is C38H29N3. The van der Waals surface area contributed by atoms with Crippen LogP contribution < -0.4 is 9.80 Å². The first kappa shape index (κ1) is 25.7. The molecule has 6 rings (SSSR count). The third-order valence-corrected chi connectivity index (χ3v) is 7.32. The van der Waals surface area contributed by atoms with Gasteiger partial charge in [0.15, 0.2) is 0 Å². The Balaban J connectivity index is 1.26. The average Bonchev–Trinajstić information content (AvgIpc) is 3.06. The first-order chi connectivity index (χ1) is 20.2. The fourth-order valence-corrected chi connectivity index (χ4v) is 5.07. The van der Waals surface area contributed by atoms with Gasteiger partial charge in [0, 0.05) is 35.5 Å². The summed E-state index contributed by atoms with van der Waals surface area (Å²) in [6, 6.07) is 56.8. The zero-order chi connectivity index (χ0) is 28.0. The Labute approximate surface area is 241 Å². The van der Waals surface area contributed by atoms with Gasteiger partial charge >= 0.3 is 0 Å². The molecule has 0 aliphatic carbocycles. The SMILES string of the molecule is CN(c1ccc(-c2ccc(N(c3ccccc3)c3ccc(-c4ccccc4)cc3)cc2)cc1)c1cccc(C#N)c1. The molecule has 0 fully saturated rings. The van der Waals surface area contributed by atoms with Gasteiger partial charge in [0.05, 0.1) is 11.6 Å². The molecule has 0 bridgehead atoms. The average molecular weight is 528 g/mol. The number of nitrogens with zero attached hydrogens (tertiary/aromatic N) is 3. The summed E-state index contributed by atoms with van der Waals surface area (Å²) < 4.78 is 0. The van der Waals surface area contributed by atoms with E-state index >= 15 is 0 Å². The number of nitriles is 1.